The predicted octanol–water partition coefficient (Wildman–Crippen LogP) is 2.56. The third-order valence-corrected chi connectivity index (χ3v) is 4.38. The van der Waals surface area contributed by atoms with Crippen LogP contribution in [0.4, 0.5) is 17.5 Å². The fourth-order valence-electron chi connectivity index (χ4n) is 3.01. The second-order valence-corrected chi connectivity index (χ2v) is 7.30. The molecule has 0 fully saturated rings. The molecule has 0 saturated carbocycles. The molecule has 1 amide bonds. The quantitative estimate of drug-likeness (QED) is 0.424. The molecule has 2 heterocycles. The average molecular weight is 406 g/mol. The number of carbonyl (C=O) groups excluding carboxylic acids is 1. The van der Waals surface area contributed by atoms with E-state index >= 15 is 0 Å². The van der Waals surface area contributed by atoms with Crippen molar-refractivity contribution in [2.75, 3.05) is 17.2 Å². The first-order chi connectivity index (χ1) is 14.5. The van der Waals surface area contributed by atoms with Gasteiger partial charge in [-0.05, 0) is 30.5 Å². The molecule has 0 bridgehead atoms. The molecule has 0 radical (unpaired) electrons. The molecule has 0 saturated heterocycles. The number of anilines is 3. The van der Waals surface area contributed by atoms with Gasteiger partial charge in [-0.1, -0.05) is 26.0 Å². The van der Waals surface area contributed by atoms with Gasteiger partial charge in [-0.2, -0.15) is 4.98 Å². The highest BCUT2D eigenvalue weighted by Gasteiger charge is 2.16. The number of benzene rings is 1. The Labute approximate surface area is 175 Å². The summed E-state index contributed by atoms with van der Waals surface area (Å²) in [7, 11) is 0. The summed E-state index contributed by atoms with van der Waals surface area (Å²) in [5.41, 5.74) is 13.1. The van der Waals surface area contributed by atoms with Gasteiger partial charge in [-0.25, -0.2) is 15.0 Å². The number of amides is 1. The lowest BCUT2D eigenvalue weighted by Crippen LogP contribution is -2.31. The van der Waals surface area contributed by atoms with Crippen LogP contribution in [0.25, 0.3) is 11.4 Å². The molecule has 6 N–H and O–H groups in total. The van der Waals surface area contributed by atoms with Crippen molar-refractivity contribution in [2.45, 2.75) is 26.3 Å². The molecule has 0 spiro atoms. The maximum atomic E-state index is 11.9. The van der Waals surface area contributed by atoms with Gasteiger partial charge in [0.2, 0.25) is 5.95 Å². The number of rotatable bonds is 9. The van der Waals surface area contributed by atoms with Crippen molar-refractivity contribution >= 4 is 23.4 Å². The summed E-state index contributed by atoms with van der Waals surface area (Å²) >= 11 is 0. The summed E-state index contributed by atoms with van der Waals surface area (Å²) < 4.78 is 0. The van der Waals surface area contributed by atoms with Crippen LogP contribution in [0, 0.1) is 5.92 Å². The number of primary amides is 1. The molecule has 1 atom stereocenters. The average Bonchev–Trinajstić information content (AvgIpc) is 2.74. The minimum absolute atomic E-state index is 0.0239. The minimum Gasteiger partial charge on any atom is -0.365 e. The van der Waals surface area contributed by atoms with E-state index in [4.69, 9.17) is 11.5 Å². The van der Waals surface area contributed by atoms with Crippen LogP contribution in [-0.2, 0) is 0 Å². The largest absolute Gasteiger partial charge is 0.365 e. The van der Waals surface area contributed by atoms with Crippen molar-refractivity contribution in [2.24, 2.45) is 17.4 Å². The molecule has 0 aliphatic heterocycles. The maximum Gasteiger partial charge on any atom is 0.254 e. The molecular formula is C21H26N8O. The Kier molecular flexibility index (Phi) is 6.87. The molecule has 0 aliphatic rings. The van der Waals surface area contributed by atoms with Crippen molar-refractivity contribution in [3.8, 4) is 11.4 Å². The van der Waals surface area contributed by atoms with Gasteiger partial charge in [0.15, 0.2) is 5.82 Å². The number of nitrogens with zero attached hydrogens (tertiary/aromatic N) is 4. The highest BCUT2D eigenvalue weighted by molar-refractivity contribution is 5.98. The molecule has 3 rings (SSSR count). The van der Waals surface area contributed by atoms with Crippen molar-refractivity contribution in [3.05, 3.63) is 54.5 Å². The number of carbonyl (C=O) groups is 1. The predicted molar refractivity (Wildman–Crippen MR) is 117 cm³/mol. The molecule has 0 aliphatic carbocycles. The van der Waals surface area contributed by atoms with E-state index in [-0.39, 0.29) is 11.6 Å². The third-order valence-electron chi connectivity index (χ3n) is 4.38. The van der Waals surface area contributed by atoms with E-state index in [0.29, 0.717) is 35.7 Å². The standard InChI is InChI=1S/C21H26N8O/c1-13(2)9-16(11-22)28-21-26-12-17(18(23)30)20(29-21)27-15-6-3-5-14(10-15)19-24-7-4-8-25-19/h3-8,10,12-13,16H,9,11,22H2,1-2H3,(H2,23,30)(H2,26,27,28,29). The Morgan fingerprint density at radius 2 is 1.90 bits per heavy atom. The van der Waals surface area contributed by atoms with Gasteiger partial charge in [0.25, 0.3) is 5.91 Å². The van der Waals surface area contributed by atoms with Gasteiger partial charge in [0.05, 0.1) is 0 Å². The number of nitrogens with two attached hydrogens (primary N) is 2. The second kappa shape index (κ2) is 9.75. The molecule has 9 heteroatoms. The van der Waals surface area contributed by atoms with Gasteiger partial charge < -0.3 is 22.1 Å². The van der Waals surface area contributed by atoms with E-state index in [1.807, 2.05) is 24.3 Å². The first-order valence-electron chi connectivity index (χ1n) is 9.74. The molecule has 156 valence electrons. The summed E-state index contributed by atoms with van der Waals surface area (Å²) in [5.74, 6) is 1.13. The number of nitrogens with one attached hydrogen (secondary N) is 2. The van der Waals surface area contributed by atoms with Crippen molar-refractivity contribution < 1.29 is 4.79 Å². The van der Waals surface area contributed by atoms with Crippen LogP contribution < -0.4 is 22.1 Å². The van der Waals surface area contributed by atoms with Gasteiger partial charge in [-0.15, -0.1) is 0 Å². The Morgan fingerprint density at radius 3 is 2.57 bits per heavy atom. The molecule has 1 aromatic carbocycles. The fourth-order valence-corrected chi connectivity index (χ4v) is 3.01. The highest BCUT2D eigenvalue weighted by atomic mass is 16.1. The lowest BCUT2D eigenvalue weighted by atomic mass is 10.0. The number of hydrogen-bond acceptors (Lipinski definition) is 8. The van der Waals surface area contributed by atoms with E-state index < -0.39 is 5.91 Å². The van der Waals surface area contributed by atoms with Crippen LogP contribution in [-0.4, -0.2) is 38.4 Å². The summed E-state index contributed by atoms with van der Waals surface area (Å²) in [6.07, 6.45) is 5.65. The van der Waals surface area contributed by atoms with Gasteiger partial charge in [-0.3, -0.25) is 4.79 Å². The summed E-state index contributed by atoms with van der Waals surface area (Å²) in [5, 5.41) is 6.39. The topological polar surface area (TPSA) is 145 Å². The normalized spacial score (nSPS) is 11.9. The number of hydrogen-bond donors (Lipinski definition) is 4. The highest BCUT2D eigenvalue weighted by Crippen LogP contribution is 2.24. The minimum atomic E-state index is -0.621. The molecule has 9 nitrogen and oxygen atoms in total. The van der Waals surface area contributed by atoms with Gasteiger partial charge in [0.1, 0.15) is 11.4 Å². The monoisotopic (exact) mass is 406 g/mol. The van der Waals surface area contributed by atoms with E-state index in [2.05, 4.69) is 44.4 Å². The number of aromatic nitrogens is 4. The Hall–Kier alpha value is -3.59. The lowest BCUT2D eigenvalue weighted by molar-refractivity contribution is 0.100. The van der Waals surface area contributed by atoms with E-state index in [9.17, 15) is 4.79 Å². The first kappa shape index (κ1) is 21.1. The van der Waals surface area contributed by atoms with Crippen LogP contribution >= 0.6 is 0 Å². The van der Waals surface area contributed by atoms with Crippen LogP contribution in [0.5, 0.6) is 0 Å². The second-order valence-electron chi connectivity index (χ2n) is 7.30. The molecule has 3 aromatic rings. The zero-order valence-corrected chi connectivity index (χ0v) is 17.0. The lowest BCUT2D eigenvalue weighted by Gasteiger charge is -2.19. The molecular weight excluding hydrogens is 380 g/mol. The zero-order chi connectivity index (χ0) is 21.5. The SMILES string of the molecule is CC(C)CC(CN)Nc1ncc(C(N)=O)c(Nc2cccc(-c3ncccn3)c2)n1. The molecule has 2 aromatic heterocycles. The Morgan fingerprint density at radius 1 is 1.13 bits per heavy atom. The van der Waals surface area contributed by atoms with Crippen molar-refractivity contribution in [3.63, 3.8) is 0 Å². The zero-order valence-electron chi connectivity index (χ0n) is 17.0. The fraction of sp³-hybridized carbons (Fsp3) is 0.286. The summed E-state index contributed by atoms with van der Waals surface area (Å²) in [4.78, 5) is 29.1. The van der Waals surface area contributed by atoms with Crippen LogP contribution in [0.15, 0.2) is 48.9 Å². The van der Waals surface area contributed by atoms with Gasteiger partial charge >= 0.3 is 0 Å². The van der Waals surface area contributed by atoms with Crippen LogP contribution in [0.1, 0.15) is 30.6 Å². The van der Waals surface area contributed by atoms with Crippen LogP contribution in [0.2, 0.25) is 0 Å². The summed E-state index contributed by atoms with van der Waals surface area (Å²) in [6.45, 7) is 4.69. The molecule has 1 unspecified atom stereocenters. The Balaban J connectivity index is 1.88. The third kappa shape index (κ3) is 5.48. The Bertz CT molecular complexity index is 993. The van der Waals surface area contributed by atoms with Crippen molar-refractivity contribution in [1.82, 2.24) is 19.9 Å². The van der Waals surface area contributed by atoms with Gasteiger partial charge in [0, 0.05) is 42.4 Å². The van der Waals surface area contributed by atoms with Crippen molar-refractivity contribution in [1.29, 1.82) is 0 Å². The molecule has 30 heavy (non-hydrogen) atoms. The maximum absolute atomic E-state index is 11.9. The summed E-state index contributed by atoms with van der Waals surface area (Å²) in [6, 6.07) is 9.28. The van der Waals surface area contributed by atoms with E-state index in [1.165, 1.54) is 6.20 Å². The smallest absolute Gasteiger partial charge is 0.254 e. The van der Waals surface area contributed by atoms with Crippen LogP contribution in [0.3, 0.4) is 0 Å². The van der Waals surface area contributed by atoms with E-state index in [0.717, 1.165) is 12.0 Å². The van der Waals surface area contributed by atoms with E-state index in [1.54, 1.807) is 18.5 Å². The first-order valence-corrected chi connectivity index (χ1v) is 9.74.